The van der Waals surface area contributed by atoms with Gasteiger partial charge in [0.15, 0.2) is 0 Å². The fraction of sp³-hybridized carbons (Fsp3) is 0.458. The summed E-state index contributed by atoms with van der Waals surface area (Å²) >= 11 is 0. The Labute approximate surface area is 173 Å². The van der Waals surface area contributed by atoms with E-state index in [9.17, 15) is 4.79 Å². The standard InChI is InChI=1S/C24H30N2O3/c1-28-22-10-6-5-7-20(22)11-14-25-15-12-24(13-16-25)19-26(17-18-29-24)23(27)21-8-3-2-4-9-21/h2-10H,11-19H2,1H3. The van der Waals surface area contributed by atoms with Crippen LogP contribution in [0.3, 0.4) is 0 Å². The summed E-state index contributed by atoms with van der Waals surface area (Å²) < 4.78 is 11.7. The number of piperidine rings is 1. The van der Waals surface area contributed by atoms with Gasteiger partial charge in [-0.15, -0.1) is 0 Å². The lowest BCUT2D eigenvalue weighted by atomic mass is 9.89. The van der Waals surface area contributed by atoms with Gasteiger partial charge in [0, 0.05) is 31.7 Å². The molecule has 2 heterocycles. The SMILES string of the molecule is COc1ccccc1CCN1CCC2(CC1)CN(C(=O)c1ccccc1)CCO2. The number of carbonyl (C=O) groups is 1. The highest BCUT2D eigenvalue weighted by Crippen LogP contribution is 2.31. The molecule has 154 valence electrons. The highest BCUT2D eigenvalue weighted by Gasteiger charge is 2.41. The molecule has 2 aromatic carbocycles. The maximum atomic E-state index is 12.9. The molecule has 0 atom stereocenters. The minimum Gasteiger partial charge on any atom is -0.496 e. The van der Waals surface area contributed by atoms with Crippen LogP contribution in [0, 0.1) is 0 Å². The molecule has 0 N–H and O–H groups in total. The Bertz CT molecular complexity index is 816. The van der Waals surface area contributed by atoms with E-state index in [2.05, 4.69) is 17.0 Å². The topological polar surface area (TPSA) is 42.0 Å². The lowest BCUT2D eigenvalue weighted by Gasteiger charge is -2.47. The summed E-state index contributed by atoms with van der Waals surface area (Å²) in [5.74, 6) is 1.08. The Hall–Kier alpha value is -2.37. The van der Waals surface area contributed by atoms with E-state index in [-0.39, 0.29) is 11.5 Å². The highest BCUT2D eigenvalue weighted by molar-refractivity contribution is 5.94. The first-order chi connectivity index (χ1) is 14.2. The molecule has 0 saturated carbocycles. The lowest BCUT2D eigenvalue weighted by molar-refractivity contribution is -0.127. The number of nitrogens with zero attached hydrogens (tertiary/aromatic N) is 2. The third-order valence-corrected chi connectivity index (χ3v) is 6.21. The summed E-state index contributed by atoms with van der Waals surface area (Å²) in [5, 5.41) is 0. The van der Waals surface area contributed by atoms with Crippen molar-refractivity contribution in [2.24, 2.45) is 0 Å². The van der Waals surface area contributed by atoms with Crippen LogP contribution in [-0.2, 0) is 11.2 Å². The number of amides is 1. The number of carbonyl (C=O) groups excluding carboxylic acids is 1. The largest absolute Gasteiger partial charge is 0.496 e. The zero-order chi connectivity index (χ0) is 20.1. The summed E-state index contributed by atoms with van der Waals surface area (Å²) in [6.07, 6.45) is 2.92. The van der Waals surface area contributed by atoms with Gasteiger partial charge in [0.2, 0.25) is 0 Å². The van der Waals surface area contributed by atoms with E-state index >= 15 is 0 Å². The third-order valence-electron chi connectivity index (χ3n) is 6.21. The van der Waals surface area contributed by atoms with E-state index < -0.39 is 0 Å². The van der Waals surface area contributed by atoms with Gasteiger partial charge < -0.3 is 19.3 Å². The number of hydrogen-bond donors (Lipinski definition) is 0. The molecule has 0 aromatic heterocycles. The molecule has 2 saturated heterocycles. The van der Waals surface area contributed by atoms with Gasteiger partial charge in [0.05, 0.1) is 25.9 Å². The first kappa shape index (κ1) is 19.9. The molecule has 0 bridgehead atoms. The maximum Gasteiger partial charge on any atom is 0.254 e. The molecule has 0 unspecified atom stereocenters. The van der Waals surface area contributed by atoms with E-state index in [0.717, 1.165) is 50.2 Å². The molecule has 1 spiro atoms. The second-order valence-electron chi connectivity index (χ2n) is 8.03. The van der Waals surface area contributed by atoms with Gasteiger partial charge in [-0.05, 0) is 43.0 Å². The summed E-state index contributed by atoms with van der Waals surface area (Å²) in [6, 6.07) is 17.8. The number of rotatable bonds is 5. The smallest absolute Gasteiger partial charge is 0.254 e. The molecule has 0 radical (unpaired) electrons. The van der Waals surface area contributed by atoms with Crippen molar-refractivity contribution in [3.05, 3.63) is 65.7 Å². The number of likely N-dealkylation sites (tertiary alicyclic amines) is 1. The molecule has 0 aliphatic carbocycles. The van der Waals surface area contributed by atoms with Crippen LogP contribution in [0.1, 0.15) is 28.8 Å². The van der Waals surface area contributed by atoms with Crippen LogP contribution in [0.4, 0.5) is 0 Å². The predicted octanol–water partition coefficient (Wildman–Crippen LogP) is 3.24. The number of hydrogen-bond acceptors (Lipinski definition) is 4. The monoisotopic (exact) mass is 394 g/mol. The highest BCUT2D eigenvalue weighted by atomic mass is 16.5. The van der Waals surface area contributed by atoms with Gasteiger partial charge >= 0.3 is 0 Å². The van der Waals surface area contributed by atoms with Gasteiger partial charge in [0.25, 0.3) is 5.91 Å². The van der Waals surface area contributed by atoms with Crippen molar-refractivity contribution in [2.45, 2.75) is 24.9 Å². The van der Waals surface area contributed by atoms with Crippen molar-refractivity contribution >= 4 is 5.91 Å². The normalized spacial score (nSPS) is 19.3. The molecule has 5 nitrogen and oxygen atoms in total. The maximum absolute atomic E-state index is 12.9. The predicted molar refractivity (Wildman–Crippen MR) is 113 cm³/mol. The second kappa shape index (κ2) is 8.97. The van der Waals surface area contributed by atoms with Crippen LogP contribution in [0.5, 0.6) is 5.75 Å². The summed E-state index contributed by atoms with van der Waals surface area (Å²) in [4.78, 5) is 17.3. The van der Waals surface area contributed by atoms with Crippen LogP contribution in [0.2, 0.25) is 0 Å². The van der Waals surface area contributed by atoms with Crippen LogP contribution in [0.15, 0.2) is 54.6 Å². The summed E-state index contributed by atoms with van der Waals surface area (Å²) in [6.45, 7) is 5.02. The molecule has 2 fully saturated rings. The number of para-hydroxylation sites is 1. The zero-order valence-corrected chi connectivity index (χ0v) is 17.2. The molecule has 5 heteroatoms. The van der Waals surface area contributed by atoms with Crippen molar-refractivity contribution in [2.75, 3.05) is 46.4 Å². The number of morpholine rings is 1. The van der Waals surface area contributed by atoms with Gasteiger partial charge in [-0.3, -0.25) is 4.79 Å². The molecule has 2 aliphatic rings. The number of ether oxygens (including phenoxy) is 2. The van der Waals surface area contributed by atoms with Crippen molar-refractivity contribution in [3.8, 4) is 5.75 Å². The summed E-state index contributed by atoms with van der Waals surface area (Å²) in [5.41, 5.74) is 1.83. The van der Waals surface area contributed by atoms with Crippen molar-refractivity contribution < 1.29 is 14.3 Å². The minimum atomic E-state index is -0.191. The van der Waals surface area contributed by atoms with E-state index in [0.29, 0.717) is 19.7 Å². The van der Waals surface area contributed by atoms with E-state index in [1.807, 2.05) is 47.4 Å². The molecule has 29 heavy (non-hydrogen) atoms. The van der Waals surface area contributed by atoms with Crippen molar-refractivity contribution in [1.82, 2.24) is 9.80 Å². The Morgan fingerprint density at radius 2 is 1.76 bits per heavy atom. The molecule has 4 rings (SSSR count). The van der Waals surface area contributed by atoms with Crippen LogP contribution in [-0.4, -0.2) is 67.7 Å². The Morgan fingerprint density at radius 3 is 2.52 bits per heavy atom. The minimum absolute atomic E-state index is 0.117. The van der Waals surface area contributed by atoms with Gasteiger partial charge in [-0.2, -0.15) is 0 Å². The third kappa shape index (κ3) is 4.62. The van der Waals surface area contributed by atoms with Crippen LogP contribution >= 0.6 is 0 Å². The second-order valence-corrected chi connectivity index (χ2v) is 8.03. The fourth-order valence-electron chi connectivity index (χ4n) is 4.46. The molecule has 2 aliphatic heterocycles. The fourth-order valence-corrected chi connectivity index (χ4v) is 4.46. The van der Waals surface area contributed by atoms with Gasteiger partial charge in [0.1, 0.15) is 5.75 Å². The number of methoxy groups -OCH3 is 1. The van der Waals surface area contributed by atoms with E-state index in [1.54, 1.807) is 7.11 Å². The molecule has 2 aromatic rings. The molecular formula is C24H30N2O3. The Kier molecular flexibility index (Phi) is 6.16. The lowest BCUT2D eigenvalue weighted by Crippen LogP contribution is -2.58. The van der Waals surface area contributed by atoms with Gasteiger partial charge in [-0.25, -0.2) is 0 Å². The zero-order valence-electron chi connectivity index (χ0n) is 17.2. The number of benzene rings is 2. The van der Waals surface area contributed by atoms with Crippen molar-refractivity contribution in [1.29, 1.82) is 0 Å². The Morgan fingerprint density at radius 1 is 1.03 bits per heavy atom. The first-order valence-electron chi connectivity index (χ1n) is 10.5. The van der Waals surface area contributed by atoms with Gasteiger partial charge in [-0.1, -0.05) is 36.4 Å². The quantitative estimate of drug-likeness (QED) is 0.781. The average Bonchev–Trinajstić information content (AvgIpc) is 2.79. The average molecular weight is 395 g/mol. The Balaban J connectivity index is 1.31. The van der Waals surface area contributed by atoms with Crippen molar-refractivity contribution in [3.63, 3.8) is 0 Å². The van der Waals surface area contributed by atoms with E-state index in [4.69, 9.17) is 9.47 Å². The van der Waals surface area contributed by atoms with Crippen LogP contribution in [0.25, 0.3) is 0 Å². The summed E-state index contributed by atoms with van der Waals surface area (Å²) in [7, 11) is 1.73. The van der Waals surface area contributed by atoms with Crippen LogP contribution < -0.4 is 4.74 Å². The molecular weight excluding hydrogens is 364 g/mol. The first-order valence-corrected chi connectivity index (χ1v) is 10.5. The molecule has 1 amide bonds. The van der Waals surface area contributed by atoms with E-state index in [1.165, 1.54) is 5.56 Å².